The Morgan fingerprint density at radius 3 is 2.57 bits per heavy atom. The van der Waals surface area contributed by atoms with Gasteiger partial charge in [-0.15, -0.1) is 13.2 Å². The predicted octanol–water partition coefficient (Wildman–Crippen LogP) is 3.83. The molecule has 1 aliphatic heterocycles. The largest absolute Gasteiger partial charge is 0.573 e. The van der Waals surface area contributed by atoms with Crippen molar-refractivity contribution in [3.8, 4) is 17.0 Å². The summed E-state index contributed by atoms with van der Waals surface area (Å²) in [5, 5.41) is 11.7. The Morgan fingerprint density at radius 1 is 1.14 bits per heavy atom. The molecule has 2 aromatic heterocycles. The second-order valence-electron chi connectivity index (χ2n) is 8.70. The number of nitrogen functional groups attached to an aromatic ring is 1. The van der Waals surface area contributed by atoms with E-state index in [1.54, 1.807) is 0 Å². The van der Waals surface area contributed by atoms with Crippen LogP contribution in [0.2, 0.25) is 0 Å². The van der Waals surface area contributed by atoms with Crippen LogP contribution in [0.25, 0.3) is 22.3 Å². The number of nitrogens with two attached hydrogens (primary N) is 1. The molecule has 0 aliphatic carbocycles. The lowest BCUT2D eigenvalue weighted by atomic mass is 10.1. The molecule has 0 saturated carbocycles. The highest BCUT2D eigenvalue weighted by molar-refractivity contribution is 5.98. The summed E-state index contributed by atoms with van der Waals surface area (Å²) in [4.78, 5) is 21.0. The van der Waals surface area contributed by atoms with Crippen molar-refractivity contribution in [1.29, 1.82) is 0 Å². The van der Waals surface area contributed by atoms with Crippen LogP contribution in [-0.2, 0) is 6.54 Å². The Labute approximate surface area is 209 Å². The van der Waals surface area contributed by atoms with Crippen LogP contribution in [-0.4, -0.2) is 45.1 Å². The number of halogens is 3. The van der Waals surface area contributed by atoms with E-state index in [9.17, 15) is 18.0 Å². The number of nitrogens with one attached hydrogen (secondary N) is 2. The van der Waals surface area contributed by atoms with E-state index < -0.39 is 12.3 Å². The Balaban J connectivity index is 1.30. The van der Waals surface area contributed by atoms with Gasteiger partial charge in [0.15, 0.2) is 5.65 Å². The zero-order chi connectivity index (χ0) is 26.0. The van der Waals surface area contributed by atoms with Crippen LogP contribution in [0.5, 0.6) is 5.75 Å². The highest BCUT2D eigenvalue weighted by atomic mass is 19.4. The van der Waals surface area contributed by atoms with Gasteiger partial charge in [0.1, 0.15) is 23.6 Å². The molecule has 1 atom stereocenters. The second kappa shape index (κ2) is 10.1. The number of rotatable bonds is 6. The molecule has 0 bridgehead atoms. The molecule has 37 heavy (non-hydrogen) atoms. The van der Waals surface area contributed by atoms with Gasteiger partial charge < -0.3 is 21.1 Å². The Kier molecular flexibility index (Phi) is 6.66. The first-order valence-electron chi connectivity index (χ1n) is 11.7. The van der Waals surface area contributed by atoms with Crippen molar-refractivity contribution < 1.29 is 22.7 Å². The smallest absolute Gasteiger partial charge is 0.406 e. The number of amides is 1. The van der Waals surface area contributed by atoms with Gasteiger partial charge in [-0.05, 0) is 49.2 Å². The molecule has 1 aliphatic rings. The maximum Gasteiger partial charge on any atom is 0.573 e. The minimum absolute atomic E-state index is 0.169. The number of hydrogen-bond donors (Lipinski definition) is 3. The van der Waals surface area contributed by atoms with Crippen molar-refractivity contribution >= 4 is 22.8 Å². The van der Waals surface area contributed by atoms with E-state index in [4.69, 9.17) is 10.8 Å². The van der Waals surface area contributed by atoms with Crippen LogP contribution in [0.4, 0.5) is 19.0 Å². The number of aromatic nitrogens is 4. The molecule has 4 N–H and O–H groups in total. The molecule has 12 heteroatoms. The first kappa shape index (κ1) is 24.5. The molecule has 2 aromatic carbocycles. The molecule has 1 amide bonds. The van der Waals surface area contributed by atoms with Gasteiger partial charge in [0.05, 0.1) is 11.4 Å². The number of carbonyl (C=O) groups is 1. The number of anilines is 1. The SMILES string of the molecule is Nc1ncnc2c1c(-c1ccc(CNC(=O)c3ccc(OC(F)(F)F)cc3)cc1)nn2[C@@H]1CCCNC1. The molecular weight excluding hydrogens is 487 g/mol. The molecule has 3 heterocycles. The van der Waals surface area contributed by atoms with E-state index in [2.05, 4.69) is 25.3 Å². The highest BCUT2D eigenvalue weighted by Gasteiger charge is 2.31. The first-order chi connectivity index (χ1) is 17.8. The summed E-state index contributed by atoms with van der Waals surface area (Å²) in [5.41, 5.74) is 9.48. The van der Waals surface area contributed by atoms with Crippen LogP contribution in [0.15, 0.2) is 54.9 Å². The second-order valence-corrected chi connectivity index (χ2v) is 8.70. The van der Waals surface area contributed by atoms with Crippen LogP contribution in [0.1, 0.15) is 34.8 Å². The summed E-state index contributed by atoms with van der Waals surface area (Å²) >= 11 is 0. The monoisotopic (exact) mass is 511 g/mol. The first-order valence-corrected chi connectivity index (χ1v) is 11.7. The summed E-state index contributed by atoms with van der Waals surface area (Å²) in [5.74, 6) is -0.447. The molecule has 1 fully saturated rings. The van der Waals surface area contributed by atoms with Crippen molar-refractivity contribution in [1.82, 2.24) is 30.4 Å². The molecule has 9 nitrogen and oxygen atoms in total. The van der Waals surface area contributed by atoms with Crippen LogP contribution in [0, 0.1) is 0 Å². The normalized spacial score (nSPS) is 16.0. The molecule has 1 saturated heterocycles. The zero-order valence-electron chi connectivity index (χ0n) is 19.6. The number of carbonyl (C=O) groups excluding carboxylic acids is 1. The average molecular weight is 512 g/mol. The lowest BCUT2D eigenvalue weighted by Crippen LogP contribution is -2.32. The van der Waals surface area contributed by atoms with E-state index in [1.165, 1.54) is 18.5 Å². The van der Waals surface area contributed by atoms with Gasteiger partial charge in [-0.3, -0.25) is 4.79 Å². The van der Waals surface area contributed by atoms with Crippen molar-refractivity contribution in [3.05, 3.63) is 66.0 Å². The number of nitrogens with zero attached hydrogens (tertiary/aromatic N) is 4. The third-order valence-electron chi connectivity index (χ3n) is 6.17. The van der Waals surface area contributed by atoms with Crippen molar-refractivity contribution in [3.63, 3.8) is 0 Å². The maximum atomic E-state index is 12.4. The van der Waals surface area contributed by atoms with Gasteiger partial charge >= 0.3 is 6.36 Å². The summed E-state index contributed by atoms with van der Waals surface area (Å²) in [7, 11) is 0. The van der Waals surface area contributed by atoms with Gasteiger partial charge in [0, 0.05) is 24.2 Å². The summed E-state index contributed by atoms with van der Waals surface area (Å²) < 4.78 is 42.7. The predicted molar refractivity (Wildman–Crippen MR) is 131 cm³/mol. The zero-order valence-corrected chi connectivity index (χ0v) is 19.6. The molecule has 4 aromatic rings. The molecular formula is C25H24F3N7O2. The number of hydrogen-bond acceptors (Lipinski definition) is 7. The number of alkyl halides is 3. The minimum Gasteiger partial charge on any atom is -0.406 e. The van der Waals surface area contributed by atoms with Crippen LogP contribution >= 0.6 is 0 Å². The fraction of sp³-hybridized carbons (Fsp3) is 0.280. The van der Waals surface area contributed by atoms with Gasteiger partial charge in [-0.2, -0.15) is 5.10 Å². The van der Waals surface area contributed by atoms with Gasteiger partial charge in [0.2, 0.25) is 0 Å². The average Bonchev–Trinajstić information content (AvgIpc) is 3.29. The van der Waals surface area contributed by atoms with Crippen LogP contribution in [0.3, 0.4) is 0 Å². The Morgan fingerprint density at radius 2 is 1.89 bits per heavy atom. The van der Waals surface area contributed by atoms with Crippen LogP contribution < -0.4 is 21.1 Å². The lowest BCUT2D eigenvalue weighted by molar-refractivity contribution is -0.274. The topological polar surface area (TPSA) is 120 Å². The van der Waals surface area contributed by atoms with Crippen molar-refractivity contribution in [2.24, 2.45) is 0 Å². The number of piperidine rings is 1. The van der Waals surface area contributed by atoms with Gasteiger partial charge in [0.25, 0.3) is 5.91 Å². The minimum atomic E-state index is -4.79. The lowest BCUT2D eigenvalue weighted by Gasteiger charge is -2.23. The van der Waals surface area contributed by atoms with Crippen molar-refractivity contribution in [2.75, 3.05) is 18.8 Å². The number of ether oxygens (including phenoxy) is 1. The van der Waals surface area contributed by atoms with Gasteiger partial charge in [-0.1, -0.05) is 24.3 Å². The van der Waals surface area contributed by atoms with Gasteiger partial charge in [-0.25, -0.2) is 14.6 Å². The van der Waals surface area contributed by atoms with E-state index in [0.29, 0.717) is 22.5 Å². The molecule has 0 spiro atoms. The standard InChI is InChI=1S/C25H24F3N7O2/c26-25(27,28)37-19-9-7-17(8-10-19)24(36)31-12-15-3-5-16(6-4-15)21-20-22(29)32-14-33-23(20)35(34-21)18-2-1-11-30-13-18/h3-10,14,18,30H,1-2,11-13H2,(H,31,36)(H2,29,32,33)/t18-/m1/s1. The summed E-state index contributed by atoms with van der Waals surface area (Å²) in [6, 6.07) is 12.4. The van der Waals surface area contributed by atoms with E-state index >= 15 is 0 Å². The van der Waals surface area contributed by atoms with E-state index in [0.717, 1.165) is 49.2 Å². The molecule has 5 rings (SSSR count). The highest BCUT2D eigenvalue weighted by Crippen LogP contribution is 2.33. The van der Waals surface area contributed by atoms with E-state index in [-0.39, 0.29) is 23.9 Å². The molecule has 0 radical (unpaired) electrons. The third-order valence-corrected chi connectivity index (χ3v) is 6.17. The maximum absolute atomic E-state index is 12.4. The number of benzene rings is 2. The summed E-state index contributed by atoms with van der Waals surface area (Å²) in [6.07, 6.45) is -1.30. The fourth-order valence-electron chi connectivity index (χ4n) is 4.37. The van der Waals surface area contributed by atoms with E-state index in [1.807, 2.05) is 28.9 Å². The number of fused-ring (bicyclic) bond motifs is 1. The van der Waals surface area contributed by atoms with Crippen molar-refractivity contribution in [2.45, 2.75) is 31.8 Å². The Hall–Kier alpha value is -4.19. The Bertz CT molecular complexity index is 1400. The quantitative estimate of drug-likeness (QED) is 0.360. The third kappa shape index (κ3) is 5.48. The molecule has 192 valence electrons. The summed E-state index contributed by atoms with van der Waals surface area (Å²) in [6.45, 7) is 2.01. The molecule has 0 unspecified atom stereocenters. The fourth-order valence-corrected chi connectivity index (χ4v) is 4.37.